The standard InChI is InChI=1S/C17H35NO/c1-4-6-7-8-9-11-16(18-14-5-2)15-17(19-3)12-10-13-17/h16,18H,4-15H2,1-3H3. The van der Waals surface area contributed by atoms with Crippen molar-refractivity contribution in [1.29, 1.82) is 0 Å². The summed E-state index contributed by atoms with van der Waals surface area (Å²) in [4.78, 5) is 0. The summed E-state index contributed by atoms with van der Waals surface area (Å²) in [6, 6.07) is 0.668. The third kappa shape index (κ3) is 6.27. The third-order valence-electron chi connectivity index (χ3n) is 4.66. The van der Waals surface area contributed by atoms with E-state index in [9.17, 15) is 0 Å². The Balaban J connectivity index is 2.25. The molecule has 0 spiro atoms. The molecule has 2 nitrogen and oxygen atoms in total. The summed E-state index contributed by atoms with van der Waals surface area (Å²) in [5, 5.41) is 3.74. The molecule has 0 aromatic carbocycles. The Bertz CT molecular complexity index is 208. The van der Waals surface area contributed by atoms with Crippen LogP contribution in [-0.4, -0.2) is 25.3 Å². The summed E-state index contributed by atoms with van der Waals surface area (Å²) < 4.78 is 5.79. The number of rotatable bonds is 12. The van der Waals surface area contributed by atoms with Crippen molar-refractivity contribution in [2.24, 2.45) is 0 Å². The zero-order chi connectivity index (χ0) is 14.0. The van der Waals surface area contributed by atoms with Gasteiger partial charge in [-0.25, -0.2) is 0 Å². The van der Waals surface area contributed by atoms with Crippen LogP contribution in [0.15, 0.2) is 0 Å². The first-order valence-corrected chi connectivity index (χ1v) is 8.55. The molecule has 0 heterocycles. The average Bonchev–Trinajstić information content (AvgIpc) is 2.39. The van der Waals surface area contributed by atoms with Crippen molar-refractivity contribution in [3.8, 4) is 0 Å². The molecule has 0 radical (unpaired) electrons. The summed E-state index contributed by atoms with van der Waals surface area (Å²) in [6.45, 7) is 5.69. The fourth-order valence-electron chi connectivity index (χ4n) is 3.13. The van der Waals surface area contributed by atoms with Crippen molar-refractivity contribution in [2.45, 2.75) is 96.1 Å². The summed E-state index contributed by atoms with van der Waals surface area (Å²) in [7, 11) is 1.90. The summed E-state index contributed by atoms with van der Waals surface area (Å²) in [5.41, 5.74) is 0.217. The van der Waals surface area contributed by atoms with Crippen molar-refractivity contribution >= 4 is 0 Å². The van der Waals surface area contributed by atoms with Gasteiger partial charge in [-0.1, -0.05) is 46.0 Å². The fourth-order valence-corrected chi connectivity index (χ4v) is 3.13. The molecule has 0 amide bonds. The van der Waals surface area contributed by atoms with Crippen LogP contribution in [0.3, 0.4) is 0 Å². The molecule has 1 atom stereocenters. The van der Waals surface area contributed by atoms with Gasteiger partial charge in [0.25, 0.3) is 0 Å². The van der Waals surface area contributed by atoms with E-state index in [0.29, 0.717) is 6.04 Å². The molecule has 1 N–H and O–H groups in total. The van der Waals surface area contributed by atoms with E-state index in [2.05, 4.69) is 19.2 Å². The van der Waals surface area contributed by atoms with Crippen molar-refractivity contribution in [3.05, 3.63) is 0 Å². The minimum atomic E-state index is 0.217. The lowest BCUT2D eigenvalue weighted by molar-refractivity contribution is -0.0839. The summed E-state index contributed by atoms with van der Waals surface area (Å²) >= 11 is 0. The molecule has 0 saturated heterocycles. The van der Waals surface area contributed by atoms with Gasteiger partial charge in [0.1, 0.15) is 0 Å². The van der Waals surface area contributed by atoms with Crippen LogP contribution in [0.5, 0.6) is 0 Å². The highest BCUT2D eigenvalue weighted by Gasteiger charge is 2.38. The monoisotopic (exact) mass is 269 g/mol. The quantitative estimate of drug-likeness (QED) is 0.520. The maximum Gasteiger partial charge on any atom is 0.0693 e. The molecule has 0 aromatic heterocycles. The van der Waals surface area contributed by atoms with Gasteiger partial charge >= 0.3 is 0 Å². The molecule has 1 fully saturated rings. The molecular weight excluding hydrogens is 234 g/mol. The highest BCUT2D eigenvalue weighted by molar-refractivity contribution is 4.93. The van der Waals surface area contributed by atoms with Gasteiger partial charge < -0.3 is 10.1 Å². The second-order valence-corrected chi connectivity index (χ2v) is 6.30. The Morgan fingerprint density at radius 3 is 2.32 bits per heavy atom. The van der Waals surface area contributed by atoms with Crippen LogP contribution in [0.1, 0.15) is 84.5 Å². The molecule has 1 rings (SSSR count). The van der Waals surface area contributed by atoms with E-state index in [0.717, 1.165) is 6.54 Å². The molecule has 0 bridgehead atoms. The van der Waals surface area contributed by atoms with E-state index in [-0.39, 0.29) is 5.60 Å². The summed E-state index contributed by atoms with van der Waals surface area (Å²) in [6.07, 6.45) is 14.6. The molecule has 114 valence electrons. The predicted molar refractivity (Wildman–Crippen MR) is 83.7 cm³/mol. The van der Waals surface area contributed by atoms with E-state index < -0.39 is 0 Å². The van der Waals surface area contributed by atoms with Crippen LogP contribution in [0.2, 0.25) is 0 Å². The minimum absolute atomic E-state index is 0.217. The van der Waals surface area contributed by atoms with E-state index >= 15 is 0 Å². The SMILES string of the molecule is CCCCCCCC(CC1(OC)CCC1)NCCC. The van der Waals surface area contributed by atoms with Gasteiger partial charge in [-0.3, -0.25) is 0 Å². The first-order chi connectivity index (χ1) is 9.26. The smallest absolute Gasteiger partial charge is 0.0693 e. The van der Waals surface area contributed by atoms with Gasteiger partial charge in [0.2, 0.25) is 0 Å². The van der Waals surface area contributed by atoms with Gasteiger partial charge in [-0.05, 0) is 45.1 Å². The van der Waals surface area contributed by atoms with Crippen LogP contribution in [0.4, 0.5) is 0 Å². The molecule has 1 saturated carbocycles. The van der Waals surface area contributed by atoms with E-state index in [1.165, 1.54) is 70.6 Å². The molecular formula is C17H35NO. The van der Waals surface area contributed by atoms with Crippen molar-refractivity contribution in [1.82, 2.24) is 5.32 Å². The third-order valence-corrected chi connectivity index (χ3v) is 4.66. The average molecular weight is 269 g/mol. The topological polar surface area (TPSA) is 21.3 Å². The first-order valence-electron chi connectivity index (χ1n) is 8.55. The number of ether oxygens (including phenoxy) is 1. The molecule has 1 aliphatic rings. The number of methoxy groups -OCH3 is 1. The Labute approximate surface area is 120 Å². The normalized spacial score (nSPS) is 19.1. The molecule has 1 unspecified atom stereocenters. The zero-order valence-electron chi connectivity index (χ0n) is 13.5. The van der Waals surface area contributed by atoms with Crippen molar-refractivity contribution in [2.75, 3.05) is 13.7 Å². The predicted octanol–water partition coefficient (Wildman–Crippen LogP) is 4.67. The zero-order valence-corrected chi connectivity index (χ0v) is 13.5. The lowest BCUT2D eigenvalue weighted by Crippen LogP contribution is -2.46. The second-order valence-electron chi connectivity index (χ2n) is 6.30. The van der Waals surface area contributed by atoms with Crippen molar-refractivity contribution < 1.29 is 4.74 Å². The van der Waals surface area contributed by atoms with Crippen LogP contribution in [0, 0.1) is 0 Å². The highest BCUT2D eigenvalue weighted by atomic mass is 16.5. The van der Waals surface area contributed by atoms with Gasteiger partial charge in [0.05, 0.1) is 5.60 Å². The van der Waals surface area contributed by atoms with Crippen LogP contribution >= 0.6 is 0 Å². The molecule has 19 heavy (non-hydrogen) atoms. The lowest BCUT2D eigenvalue weighted by Gasteiger charge is -2.43. The maximum absolute atomic E-state index is 5.79. The summed E-state index contributed by atoms with van der Waals surface area (Å²) in [5.74, 6) is 0. The van der Waals surface area contributed by atoms with Crippen molar-refractivity contribution in [3.63, 3.8) is 0 Å². The maximum atomic E-state index is 5.79. The van der Waals surface area contributed by atoms with E-state index in [4.69, 9.17) is 4.74 Å². The molecule has 0 aliphatic heterocycles. The van der Waals surface area contributed by atoms with E-state index in [1.54, 1.807) is 0 Å². The Morgan fingerprint density at radius 1 is 1.05 bits per heavy atom. The first kappa shape index (κ1) is 17.0. The number of hydrogen-bond acceptors (Lipinski definition) is 2. The molecule has 1 aliphatic carbocycles. The van der Waals surface area contributed by atoms with Gasteiger partial charge in [0.15, 0.2) is 0 Å². The van der Waals surface area contributed by atoms with Gasteiger partial charge in [0, 0.05) is 13.2 Å². The Kier molecular flexibility index (Phi) is 8.72. The largest absolute Gasteiger partial charge is 0.378 e. The van der Waals surface area contributed by atoms with Crippen LogP contribution < -0.4 is 5.32 Å². The number of nitrogens with one attached hydrogen (secondary N) is 1. The minimum Gasteiger partial charge on any atom is -0.378 e. The van der Waals surface area contributed by atoms with Gasteiger partial charge in [-0.15, -0.1) is 0 Å². The Morgan fingerprint density at radius 2 is 1.79 bits per heavy atom. The number of unbranched alkanes of at least 4 members (excludes halogenated alkanes) is 4. The highest BCUT2D eigenvalue weighted by Crippen LogP contribution is 2.39. The molecule has 2 heteroatoms. The van der Waals surface area contributed by atoms with E-state index in [1.807, 2.05) is 7.11 Å². The van der Waals surface area contributed by atoms with Crippen LogP contribution in [0.25, 0.3) is 0 Å². The van der Waals surface area contributed by atoms with Crippen LogP contribution in [-0.2, 0) is 4.74 Å². The molecule has 0 aromatic rings. The Hall–Kier alpha value is -0.0800. The fraction of sp³-hybridized carbons (Fsp3) is 1.00. The lowest BCUT2D eigenvalue weighted by atomic mass is 9.75. The van der Waals surface area contributed by atoms with Gasteiger partial charge in [-0.2, -0.15) is 0 Å². The second kappa shape index (κ2) is 9.77. The number of hydrogen-bond donors (Lipinski definition) is 1.